The normalized spacial score (nSPS) is 12.4. The first-order valence-electron chi connectivity index (χ1n) is 4.05. The SMILES string of the molecule is C=CCSSC[C@H](C)SSCC=C. The van der Waals surface area contributed by atoms with Crippen molar-refractivity contribution in [3.05, 3.63) is 25.3 Å². The fraction of sp³-hybridized carbons (Fsp3) is 0.556. The van der Waals surface area contributed by atoms with E-state index in [9.17, 15) is 0 Å². The smallest absolute Gasteiger partial charge is 0.0222 e. The summed E-state index contributed by atoms with van der Waals surface area (Å²) in [6.45, 7) is 9.64. The molecule has 0 aliphatic heterocycles. The summed E-state index contributed by atoms with van der Waals surface area (Å²) in [4.78, 5) is 0. The van der Waals surface area contributed by atoms with Gasteiger partial charge in [0.05, 0.1) is 0 Å². The molecule has 0 N–H and O–H groups in total. The first-order chi connectivity index (χ1) is 6.31. The molecule has 4 heteroatoms. The van der Waals surface area contributed by atoms with Crippen LogP contribution in [0.1, 0.15) is 6.92 Å². The minimum absolute atomic E-state index is 0.715. The molecule has 0 aromatic carbocycles. The van der Waals surface area contributed by atoms with E-state index in [1.165, 1.54) is 5.75 Å². The second-order valence-corrected chi connectivity index (χ2v) is 7.74. The van der Waals surface area contributed by atoms with Gasteiger partial charge in [-0.2, -0.15) is 0 Å². The fourth-order valence-electron chi connectivity index (χ4n) is 0.471. The topological polar surface area (TPSA) is 0 Å². The average Bonchev–Trinajstić information content (AvgIpc) is 2.13. The van der Waals surface area contributed by atoms with E-state index in [4.69, 9.17) is 0 Å². The first kappa shape index (κ1) is 13.9. The molecule has 0 aromatic rings. The predicted octanol–water partition coefficient (Wildman–Crippen LogP) is 4.51. The number of rotatable bonds is 9. The Bertz CT molecular complexity index is 136. The highest BCUT2D eigenvalue weighted by molar-refractivity contribution is 8.78. The summed E-state index contributed by atoms with van der Waals surface area (Å²) in [7, 11) is 7.63. The molecule has 0 aliphatic carbocycles. The van der Waals surface area contributed by atoms with Crippen LogP contribution in [0.5, 0.6) is 0 Å². The van der Waals surface area contributed by atoms with Crippen LogP contribution in [0.15, 0.2) is 25.3 Å². The maximum absolute atomic E-state index is 3.69. The van der Waals surface area contributed by atoms with Crippen molar-refractivity contribution in [2.45, 2.75) is 12.2 Å². The molecule has 0 saturated carbocycles. The van der Waals surface area contributed by atoms with E-state index >= 15 is 0 Å². The van der Waals surface area contributed by atoms with E-state index in [1.54, 1.807) is 0 Å². The summed E-state index contributed by atoms with van der Waals surface area (Å²) < 4.78 is 0. The van der Waals surface area contributed by atoms with Crippen LogP contribution in [0.2, 0.25) is 0 Å². The molecule has 0 saturated heterocycles. The minimum Gasteiger partial charge on any atom is -0.102 e. The molecule has 13 heavy (non-hydrogen) atoms. The Hall–Kier alpha value is 0.880. The lowest BCUT2D eigenvalue weighted by atomic mass is 10.6. The van der Waals surface area contributed by atoms with Gasteiger partial charge in [-0.25, -0.2) is 0 Å². The van der Waals surface area contributed by atoms with Crippen LogP contribution in [0.4, 0.5) is 0 Å². The summed E-state index contributed by atoms with van der Waals surface area (Å²) in [6.07, 6.45) is 3.89. The van der Waals surface area contributed by atoms with E-state index < -0.39 is 0 Å². The van der Waals surface area contributed by atoms with Crippen molar-refractivity contribution in [2.75, 3.05) is 17.3 Å². The summed E-state index contributed by atoms with van der Waals surface area (Å²) in [6, 6.07) is 0. The van der Waals surface area contributed by atoms with Gasteiger partial charge in [0.25, 0.3) is 0 Å². The summed E-state index contributed by atoms with van der Waals surface area (Å²) in [5.74, 6) is 3.29. The summed E-state index contributed by atoms with van der Waals surface area (Å²) in [5.41, 5.74) is 0. The zero-order chi connectivity index (χ0) is 9.94. The predicted molar refractivity (Wildman–Crippen MR) is 74.8 cm³/mol. The van der Waals surface area contributed by atoms with Gasteiger partial charge in [0, 0.05) is 22.5 Å². The first-order valence-corrected chi connectivity index (χ1v) is 8.92. The molecular weight excluding hydrogens is 236 g/mol. The van der Waals surface area contributed by atoms with Gasteiger partial charge in [-0.1, -0.05) is 62.3 Å². The van der Waals surface area contributed by atoms with Crippen molar-refractivity contribution in [2.24, 2.45) is 0 Å². The van der Waals surface area contributed by atoms with Gasteiger partial charge < -0.3 is 0 Å². The molecule has 0 aliphatic rings. The molecule has 0 spiro atoms. The Morgan fingerprint density at radius 3 is 2.31 bits per heavy atom. The Kier molecular flexibility index (Phi) is 11.7. The van der Waals surface area contributed by atoms with Gasteiger partial charge in [-0.05, 0) is 0 Å². The number of hydrogen-bond donors (Lipinski definition) is 0. The largest absolute Gasteiger partial charge is 0.102 e. The molecule has 0 amide bonds. The van der Waals surface area contributed by atoms with Crippen LogP contribution in [0.3, 0.4) is 0 Å². The maximum Gasteiger partial charge on any atom is 0.0222 e. The van der Waals surface area contributed by atoms with Crippen LogP contribution >= 0.6 is 43.2 Å². The summed E-state index contributed by atoms with van der Waals surface area (Å²) >= 11 is 0. The van der Waals surface area contributed by atoms with E-state index in [-0.39, 0.29) is 0 Å². The van der Waals surface area contributed by atoms with Gasteiger partial charge in [-0.3, -0.25) is 0 Å². The molecule has 0 radical (unpaired) electrons. The average molecular weight is 252 g/mol. The highest BCUT2D eigenvalue weighted by Gasteiger charge is 2.02. The Balaban J connectivity index is 3.14. The van der Waals surface area contributed by atoms with Crippen LogP contribution in [-0.2, 0) is 0 Å². The Morgan fingerprint density at radius 1 is 1.08 bits per heavy atom. The zero-order valence-electron chi connectivity index (χ0n) is 7.90. The molecule has 0 nitrogen and oxygen atoms in total. The van der Waals surface area contributed by atoms with Crippen molar-refractivity contribution < 1.29 is 0 Å². The van der Waals surface area contributed by atoms with Crippen molar-refractivity contribution in [1.29, 1.82) is 0 Å². The highest BCUT2D eigenvalue weighted by atomic mass is 33.1. The molecule has 0 heterocycles. The van der Waals surface area contributed by atoms with Crippen molar-refractivity contribution in [3.63, 3.8) is 0 Å². The van der Waals surface area contributed by atoms with E-state index in [1.807, 2.05) is 55.3 Å². The second-order valence-electron chi connectivity index (χ2n) is 2.34. The lowest BCUT2D eigenvalue weighted by Crippen LogP contribution is -1.96. The Labute approximate surface area is 97.6 Å². The van der Waals surface area contributed by atoms with Crippen molar-refractivity contribution in [1.82, 2.24) is 0 Å². The minimum atomic E-state index is 0.715. The fourth-order valence-corrected chi connectivity index (χ4v) is 5.24. The lowest BCUT2D eigenvalue weighted by molar-refractivity contribution is 1.15. The van der Waals surface area contributed by atoms with Crippen LogP contribution in [-0.4, -0.2) is 22.5 Å². The number of hydrogen-bond acceptors (Lipinski definition) is 4. The maximum atomic E-state index is 3.69. The monoisotopic (exact) mass is 252 g/mol. The van der Waals surface area contributed by atoms with Gasteiger partial charge in [-0.15, -0.1) is 13.2 Å². The molecule has 76 valence electrons. The van der Waals surface area contributed by atoms with Crippen molar-refractivity contribution >= 4 is 43.2 Å². The van der Waals surface area contributed by atoms with Gasteiger partial charge in [0.15, 0.2) is 0 Å². The lowest BCUT2D eigenvalue weighted by Gasteiger charge is -2.07. The quantitative estimate of drug-likeness (QED) is 0.336. The van der Waals surface area contributed by atoms with E-state index in [0.717, 1.165) is 11.5 Å². The van der Waals surface area contributed by atoms with Gasteiger partial charge >= 0.3 is 0 Å². The van der Waals surface area contributed by atoms with Gasteiger partial charge in [0.2, 0.25) is 0 Å². The molecule has 0 aromatic heterocycles. The van der Waals surface area contributed by atoms with Crippen LogP contribution in [0, 0.1) is 0 Å². The van der Waals surface area contributed by atoms with E-state index in [2.05, 4.69) is 20.1 Å². The molecule has 1 atom stereocenters. The van der Waals surface area contributed by atoms with E-state index in [0.29, 0.717) is 5.25 Å². The zero-order valence-corrected chi connectivity index (χ0v) is 11.2. The third-order valence-corrected chi connectivity index (χ3v) is 6.50. The van der Waals surface area contributed by atoms with Crippen LogP contribution in [0.25, 0.3) is 0 Å². The third kappa shape index (κ3) is 10.8. The molecule has 0 bridgehead atoms. The third-order valence-electron chi connectivity index (χ3n) is 0.990. The van der Waals surface area contributed by atoms with Crippen molar-refractivity contribution in [3.8, 4) is 0 Å². The second kappa shape index (κ2) is 11.0. The van der Waals surface area contributed by atoms with Crippen LogP contribution < -0.4 is 0 Å². The highest BCUT2D eigenvalue weighted by Crippen LogP contribution is 2.31. The standard InChI is InChI=1S/C9H16S4/c1-4-6-10-12-8-9(3)13-11-7-5-2/h4-5,9H,1-2,6-8H2,3H3/t9-/m0/s1. The molecule has 0 rings (SSSR count). The Morgan fingerprint density at radius 2 is 1.69 bits per heavy atom. The molecular formula is C9H16S4. The molecule has 0 fully saturated rings. The summed E-state index contributed by atoms with van der Waals surface area (Å²) in [5, 5.41) is 0.715. The molecule has 0 unspecified atom stereocenters. The van der Waals surface area contributed by atoms with Gasteiger partial charge in [0.1, 0.15) is 0 Å².